The quantitative estimate of drug-likeness (QED) is 0.823. The maximum absolute atomic E-state index is 11.6. The first-order valence-corrected chi connectivity index (χ1v) is 5.35. The van der Waals surface area contributed by atoms with Gasteiger partial charge in [-0.2, -0.15) is 0 Å². The van der Waals surface area contributed by atoms with Crippen LogP contribution in [0.4, 0.5) is 4.79 Å². The third-order valence-electron chi connectivity index (χ3n) is 2.55. The minimum absolute atomic E-state index is 0.0675. The summed E-state index contributed by atoms with van der Waals surface area (Å²) in [6.45, 7) is 4.51. The predicted molar refractivity (Wildman–Crippen MR) is 63.4 cm³/mol. The second kappa shape index (κ2) is 5.39. The maximum Gasteiger partial charge on any atom is 0.317 e. The molecule has 0 saturated carbocycles. The van der Waals surface area contributed by atoms with Crippen molar-refractivity contribution in [2.24, 2.45) is 0 Å². The Bertz CT molecular complexity index is 349. The van der Waals surface area contributed by atoms with Gasteiger partial charge in [-0.3, -0.25) is 0 Å². The lowest BCUT2D eigenvalue weighted by Gasteiger charge is -2.20. The van der Waals surface area contributed by atoms with Crippen molar-refractivity contribution in [3.8, 4) is 5.75 Å². The van der Waals surface area contributed by atoms with Crippen LogP contribution in [-0.4, -0.2) is 29.6 Å². The van der Waals surface area contributed by atoms with E-state index in [1.165, 1.54) is 0 Å². The van der Waals surface area contributed by atoms with Crippen LogP contribution in [0.2, 0.25) is 0 Å². The molecular weight excluding hydrogens is 204 g/mol. The molecule has 16 heavy (non-hydrogen) atoms. The summed E-state index contributed by atoms with van der Waals surface area (Å²) in [5.41, 5.74) is 0.968. The first-order chi connectivity index (χ1) is 7.54. The number of carbonyl (C=O) groups is 1. The number of urea groups is 1. The highest BCUT2D eigenvalue weighted by Gasteiger charge is 2.11. The van der Waals surface area contributed by atoms with E-state index >= 15 is 0 Å². The molecule has 1 aromatic rings. The number of amides is 2. The molecule has 0 aliphatic carbocycles. The van der Waals surface area contributed by atoms with Crippen LogP contribution in [0.25, 0.3) is 0 Å². The predicted octanol–water partition coefficient (Wildman–Crippen LogP) is 2.11. The summed E-state index contributed by atoms with van der Waals surface area (Å²) in [4.78, 5) is 13.2. The number of nitrogens with zero attached hydrogens (tertiary/aromatic N) is 1. The molecule has 0 heterocycles. The monoisotopic (exact) mass is 222 g/mol. The number of rotatable bonds is 3. The maximum atomic E-state index is 11.6. The van der Waals surface area contributed by atoms with Crippen LogP contribution < -0.4 is 5.32 Å². The molecular formula is C12H18N2O2. The Morgan fingerprint density at radius 2 is 2.00 bits per heavy atom. The van der Waals surface area contributed by atoms with Crippen molar-refractivity contribution in [3.63, 3.8) is 0 Å². The summed E-state index contributed by atoms with van der Waals surface area (Å²) in [6, 6.07) is 6.66. The van der Waals surface area contributed by atoms with E-state index < -0.39 is 0 Å². The SMILES string of the molecule is CCN(C)C(=O)NC(C)c1ccc(O)cc1. The standard InChI is InChI=1S/C12H18N2O2/c1-4-14(3)12(16)13-9(2)10-5-7-11(15)8-6-10/h5-9,15H,4H2,1-3H3,(H,13,16). The fourth-order valence-electron chi connectivity index (χ4n) is 1.29. The van der Waals surface area contributed by atoms with Gasteiger partial charge in [0.05, 0.1) is 6.04 Å². The van der Waals surface area contributed by atoms with Gasteiger partial charge in [-0.1, -0.05) is 12.1 Å². The highest BCUT2D eigenvalue weighted by atomic mass is 16.3. The largest absolute Gasteiger partial charge is 0.508 e. The molecule has 0 saturated heterocycles. The minimum Gasteiger partial charge on any atom is -0.508 e. The van der Waals surface area contributed by atoms with E-state index in [9.17, 15) is 4.79 Å². The van der Waals surface area contributed by atoms with Crippen molar-refractivity contribution in [3.05, 3.63) is 29.8 Å². The third kappa shape index (κ3) is 3.15. The fourth-order valence-corrected chi connectivity index (χ4v) is 1.29. The molecule has 2 amide bonds. The van der Waals surface area contributed by atoms with Gasteiger partial charge in [-0.25, -0.2) is 4.79 Å². The molecule has 1 atom stereocenters. The van der Waals surface area contributed by atoms with Crippen LogP contribution in [0.1, 0.15) is 25.5 Å². The van der Waals surface area contributed by atoms with Crippen LogP contribution in [0, 0.1) is 0 Å². The molecule has 1 aromatic carbocycles. The van der Waals surface area contributed by atoms with Gasteiger partial charge in [-0.05, 0) is 31.5 Å². The van der Waals surface area contributed by atoms with Gasteiger partial charge in [0, 0.05) is 13.6 Å². The average Bonchev–Trinajstić information content (AvgIpc) is 2.28. The van der Waals surface area contributed by atoms with E-state index in [-0.39, 0.29) is 17.8 Å². The minimum atomic E-state index is -0.0944. The Kier molecular flexibility index (Phi) is 4.17. The molecule has 88 valence electrons. The summed E-state index contributed by atoms with van der Waals surface area (Å²) in [7, 11) is 1.75. The first-order valence-electron chi connectivity index (χ1n) is 5.35. The van der Waals surface area contributed by atoms with Gasteiger partial charge >= 0.3 is 6.03 Å². The average molecular weight is 222 g/mol. The van der Waals surface area contributed by atoms with Gasteiger partial charge in [0.2, 0.25) is 0 Å². The van der Waals surface area contributed by atoms with Gasteiger partial charge in [0.1, 0.15) is 5.75 Å². The van der Waals surface area contributed by atoms with E-state index in [0.717, 1.165) is 5.56 Å². The zero-order valence-corrected chi connectivity index (χ0v) is 9.90. The summed E-state index contributed by atoms with van der Waals surface area (Å²) in [6.07, 6.45) is 0. The number of benzene rings is 1. The summed E-state index contributed by atoms with van der Waals surface area (Å²) < 4.78 is 0. The number of aromatic hydroxyl groups is 1. The Morgan fingerprint density at radius 1 is 1.44 bits per heavy atom. The number of hydrogen-bond donors (Lipinski definition) is 2. The number of phenols is 1. The van der Waals surface area contributed by atoms with Crippen LogP contribution in [-0.2, 0) is 0 Å². The molecule has 0 aromatic heterocycles. The van der Waals surface area contributed by atoms with Crippen LogP contribution in [0.3, 0.4) is 0 Å². The second-order valence-corrected chi connectivity index (χ2v) is 3.78. The zero-order chi connectivity index (χ0) is 12.1. The molecule has 1 unspecified atom stereocenters. The lowest BCUT2D eigenvalue weighted by molar-refractivity contribution is 0.208. The molecule has 0 aliphatic heterocycles. The lowest BCUT2D eigenvalue weighted by atomic mass is 10.1. The van der Waals surface area contributed by atoms with Crippen molar-refractivity contribution >= 4 is 6.03 Å². The van der Waals surface area contributed by atoms with Gasteiger partial charge < -0.3 is 15.3 Å². The van der Waals surface area contributed by atoms with Crippen molar-refractivity contribution in [2.75, 3.05) is 13.6 Å². The smallest absolute Gasteiger partial charge is 0.317 e. The topological polar surface area (TPSA) is 52.6 Å². The third-order valence-corrected chi connectivity index (χ3v) is 2.55. The number of hydrogen-bond acceptors (Lipinski definition) is 2. The summed E-state index contributed by atoms with van der Waals surface area (Å²) in [5.74, 6) is 0.230. The second-order valence-electron chi connectivity index (χ2n) is 3.78. The van der Waals surface area contributed by atoms with Crippen molar-refractivity contribution in [1.82, 2.24) is 10.2 Å². The van der Waals surface area contributed by atoms with Crippen molar-refractivity contribution in [1.29, 1.82) is 0 Å². The Morgan fingerprint density at radius 3 is 2.50 bits per heavy atom. The number of carbonyl (C=O) groups excluding carboxylic acids is 1. The van der Waals surface area contributed by atoms with E-state index in [0.29, 0.717) is 6.54 Å². The Balaban J connectivity index is 2.62. The molecule has 4 heteroatoms. The van der Waals surface area contributed by atoms with E-state index in [2.05, 4.69) is 5.32 Å². The molecule has 0 radical (unpaired) electrons. The Hall–Kier alpha value is -1.71. The Labute approximate surface area is 95.9 Å². The lowest BCUT2D eigenvalue weighted by Crippen LogP contribution is -2.38. The zero-order valence-electron chi connectivity index (χ0n) is 9.90. The summed E-state index contributed by atoms with van der Waals surface area (Å²) in [5, 5.41) is 12.0. The molecule has 4 nitrogen and oxygen atoms in total. The molecule has 0 bridgehead atoms. The van der Waals surface area contributed by atoms with Crippen LogP contribution >= 0.6 is 0 Å². The number of nitrogens with one attached hydrogen (secondary N) is 1. The van der Waals surface area contributed by atoms with Crippen LogP contribution in [0.5, 0.6) is 5.75 Å². The van der Waals surface area contributed by atoms with E-state index in [1.807, 2.05) is 13.8 Å². The highest BCUT2D eigenvalue weighted by molar-refractivity contribution is 5.74. The first kappa shape index (κ1) is 12.4. The van der Waals surface area contributed by atoms with Gasteiger partial charge in [0.15, 0.2) is 0 Å². The van der Waals surface area contributed by atoms with E-state index in [4.69, 9.17) is 5.11 Å². The fraction of sp³-hybridized carbons (Fsp3) is 0.417. The number of phenolic OH excluding ortho intramolecular Hbond substituents is 1. The van der Waals surface area contributed by atoms with E-state index in [1.54, 1.807) is 36.2 Å². The normalized spacial score (nSPS) is 11.9. The molecule has 0 spiro atoms. The van der Waals surface area contributed by atoms with Gasteiger partial charge in [-0.15, -0.1) is 0 Å². The molecule has 0 aliphatic rings. The molecule has 2 N–H and O–H groups in total. The molecule has 0 fully saturated rings. The molecule has 1 rings (SSSR count). The van der Waals surface area contributed by atoms with Crippen LogP contribution in [0.15, 0.2) is 24.3 Å². The van der Waals surface area contributed by atoms with Crippen molar-refractivity contribution in [2.45, 2.75) is 19.9 Å². The highest BCUT2D eigenvalue weighted by Crippen LogP contribution is 2.16. The van der Waals surface area contributed by atoms with Gasteiger partial charge in [0.25, 0.3) is 0 Å². The summed E-state index contributed by atoms with van der Waals surface area (Å²) >= 11 is 0. The van der Waals surface area contributed by atoms with Crippen molar-refractivity contribution < 1.29 is 9.90 Å².